The number of methoxy groups -OCH3 is 3. The second-order valence-electron chi connectivity index (χ2n) is 2.83. The van der Waals surface area contributed by atoms with E-state index in [0.29, 0.717) is 30.5 Å². The Labute approximate surface area is 89.7 Å². The quantitative estimate of drug-likeness (QED) is 0.673. The van der Waals surface area contributed by atoms with Gasteiger partial charge in [-0.25, -0.2) is 0 Å². The summed E-state index contributed by atoms with van der Waals surface area (Å²) >= 11 is 0. The summed E-state index contributed by atoms with van der Waals surface area (Å²) in [5.41, 5.74) is 0. The molecule has 4 nitrogen and oxygen atoms in total. The van der Waals surface area contributed by atoms with Crippen molar-refractivity contribution in [2.24, 2.45) is 0 Å². The molecule has 4 heteroatoms. The number of ether oxygens (including phenoxy) is 4. The van der Waals surface area contributed by atoms with E-state index >= 15 is 0 Å². The van der Waals surface area contributed by atoms with Gasteiger partial charge >= 0.3 is 0 Å². The van der Waals surface area contributed by atoms with Gasteiger partial charge in [-0.15, -0.1) is 0 Å². The molecule has 0 bridgehead atoms. The van der Waals surface area contributed by atoms with Crippen LogP contribution in [0.4, 0.5) is 0 Å². The largest absolute Gasteiger partial charge is 0.493 e. The summed E-state index contributed by atoms with van der Waals surface area (Å²) in [7, 11) is 4.82. The van der Waals surface area contributed by atoms with E-state index in [1.165, 1.54) is 0 Å². The summed E-state index contributed by atoms with van der Waals surface area (Å²) in [5.74, 6) is 1.93. The Morgan fingerprint density at radius 2 is 1.53 bits per heavy atom. The summed E-state index contributed by atoms with van der Waals surface area (Å²) in [4.78, 5) is 0. The maximum absolute atomic E-state index is 5.52. The molecule has 0 aliphatic heterocycles. The summed E-state index contributed by atoms with van der Waals surface area (Å²) in [6, 6.07) is 5.50. The Morgan fingerprint density at radius 1 is 0.933 bits per heavy atom. The zero-order valence-electron chi connectivity index (χ0n) is 9.28. The van der Waals surface area contributed by atoms with E-state index in [9.17, 15) is 0 Å². The van der Waals surface area contributed by atoms with Crippen molar-refractivity contribution in [3.05, 3.63) is 18.2 Å². The first kappa shape index (κ1) is 11.7. The summed E-state index contributed by atoms with van der Waals surface area (Å²) in [5, 5.41) is 0. The topological polar surface area (TPSA) is 36.9 Å². The van der Waals surface area contributed by atoms with E-state index in [1.807, 2.05) is 18.2 Å². The zero-order valence-corrected chi connectivity index (χ0v) is 9.28. The Kier molecular flexibility index (Phi) is 4.77. The van der Waals surface area contributed by atoms with Crippen molar-refractivity contribution in [2.75, 3.05) is 34.5 Å². The van der Waals surface area contributed by atoms with E-state index in [2.05, 4.69) is 0 Å². The van der Waals surface area contributed by atoms with Crippen LogP contribution in [0.2, 0.25) is 0 Å². The molecule has 0 fully saturated rings. The highest BCUT2D eigenvalue weighted by atomic mass is 16.6. The number of hydrogen-bond donors (Lipinski definition) is 0. The zero-order chi connectivity index (χ0) is 11.1. The van der Waals surface area contributed by atoms with Crippen LogP contribution >= 0.6 is 0 Å². The van der Waals surface area contributed by atoms with Crippen LogP contribution in [-0.4, -0.2) is 34.5 Å². The molecule has 0 saturated heterocycles. The monoisotopic (exact) mass is 212 g/mol. The van der Waals surface area contributed by atoms with Crippen molar-refractivity contribution >= 4 is 0 Å². The Balaban J connectivity index is 2.80. The van der Waals surface area contributed by atoms with Crippen LogP contribution in [0.3, 0.4) is 0 Å². The molecular formula is C11H16O4. The van der Waals surface area contributed by atoms with Gasteiger partial charge in [0.15, 0.2) is 11.5 Å². The smallest absolute Gasteiger partial charge is 0.203 e. The van der Waals surface area contributed by atoms with Crippen LogP contribution in [0.15, 0.2) is 18.2 Å². The number of benzene rings is 1. The van der Waals surface area contributed by atoms with Crippen molar-refractivity contribution in [3.8, 4) is 17.2 Å². The minimum Gasteiger partial charge on any atom is -0.493 e. The van der Waals surface area contributed by atoms with Crippen LogP contribution in [0, 0.1) is 0 Å². The maximum Gasteiger partial charge on any atom is 0.203 e. The van der Waals surface area contributed by atoms with Crippen molar-refractivity contribution in [1.29, 1.82) is 0 Å². The fourth-order valence-corrected chi connectivity index (χ4v) is 1.19. The first-order valence-electron chi connectivity index (χ1n) is 4.66. The lowest BCUT2D eigenvalue weighted by Crippen LogP contribution is -2.06. The predicted molar refractivity (Wildman–Crippen MR) is 56.9 cm³/mol. The molecule has 1 rings (SSSR count). The molecule has 0 radical (unpaired) electrons. The molecule has 0 unspecified atom stereocenters. The van der Waals surface area contributed by atoms with Gasteiger partial charge in [0.2, 0.25) is 5.75 Å². The summed E-state index contributed by atoms with van der Waals surface area (Å²) in [6.07, 6.45) is 0. The number of para-hydroxylation sites is 1. The lowest BCUT2D eigenvalue weighted by molar-refractivity contribution is 0.142. The lowest BCUT2D eigenvalue weighted by Gasteiger charge is -2.13. The fraction of sp³-hybridized carbons (Fsp3) is 0.455. The van der Waals surface area contributed by atoms with Crippen LogP contribution in [0.5, 0.6) is 17.2 Å². The third-order valence-electron chi connectivity index (χ3n) is 1.92. The van der Waals surface area contributed by atoms with Crippen LogP contribution < -0.4 is 14.2 Å². The van der Waals surface area contributed by atoms with Gasteiger partial charge in [0.1, 0.15) is 6.61 Å². The standard InChI is InChI=1S/C11H16O4/c1-12-7-8-15-11-9(13-2)5-4-6-10(11)14-3/h4-6H,7-8H2,1-3H3. The molecule has 0 aliphatic rings. The van der Waals surface area contributed by atoms with E-state index in [1.54, 1.807) is 21.3 Å². The molecule has 1 aromatic carbocycles. The second-order valence-corrected chi connectivity index (χ2v) is 2.83. The average Bonchev–Trinajstić information content (AvgIpc) is 2.29. The fourth-order valence-electron chi connectivity index (χ4n) is 1.19. The van der Waals surface area contributed by atoms with Gasteiger partial charge in [0.25, 0.3) is 0 Å². The molecule has 0 aliphatic carbocycles. The van der Waals surface area contributed by atoms with E-state index in [4.69, 9.17) is 18.9 Å². The highest BCUT2D eigenvalue weighted by Crippen LogP contribution is 2.36. The van der Waals surface area contributed by atoms with Crippen LogP contribution in [0.25, 0.3) is 0 Å². The Hall–Kier alpha value is -1.42. The summed E-state index contributed by atoms with van der Waals surface area (Å²) in [6.45, 7) is 0.994. The van der Waals surface area contributed by atoms with Crippen molar-refractivity contribution in [1.82, 2.24) is 0 Å². The van der Waals surface area contributed by atoms with Gasteiger partial charge < -0.3 is 18.9 Å². The number of hydrogen-bond acceptors (Lipinski definition) is 4. The third kappa shape index (κ3) is 3.02. The average molecular weight is 212 g/mol. The molecule has 0 N–H and O–H groups in total. The van der Waals surface area contributed by atoms with Gasteiger partial charge in [-0.1, -0.05) is 6.07 Å². The van der Waals surface area contributed by atoms with Crippen molar-refractivity contribution in [3.63, 3.8) is 0 Å². The summed E-state index contributed by atoms with van der Waals surface area (Å²) < 4.78 is 20.8. The molecule has 1 aromatic rings. The van der Waals surface area contributed by atoms with Crippen molar-refractivity contribution in [2.45, 2.75) is 0 Å². The molecule has 0 heterocycles. The van der Waals surface area contributed by atoms with Gasteiger partial charge in [-0.3, -0.25) is 0 Å². The highest BCUT2D eigenvalue weighted by molar-refractivity contribution is 5.51. The van der Waals surface area contributed by atoms with Gasteiger partial charge in [0, 0.05) is 7.11 Å². The molecule has 84 valence electrons. The minimum atomic E-state index is 0.466. The van der Waals surface area contributed by atoms with E-state index in [0.717, 1.165) is 0 Å². The molecule has 0 aromatic heterocycles. The normalized spacial score (nSPS) is 9.80. The SMILES string of the molecule is COCCOc1c(OC)cccc1OC. The predicted octanol–water partition coefficient (Wildman–Crippen LogP) is 1.73. The van der Waals surface area contributed by atoms with Crippen LogP contribution in [0.1, 0.15) is 0 Å². The molecule has 0 atom stereocenters. The van der Waals surface area contributed by atoms with Crippen LogP contribution in [-0.2, 0) is 4.74 Å². The maximum atomic E-state index is 5.52. The third-order valence-corrected chi connectivity index (χ3v) is 1.92. The molecular weight excluding hydrogens is 196 g/mol. The van der Waals surface area contributed by atoms with E-state index < -0.39 is 0 Å². The first-order chi connectivity index (χ1) is 7.33. The molecule has 0 amide bonds. The molecule has 0 saturated carbocycles. The minimum absolute atomic E-state index is 0.466. The van der Waals surface area contributed by atoms with E-state index in [-0.39, 0.29) is 0 Å². The lowest BCUT2D eigenvalue weighted by atomic mass is 10.3. The van der Waals surface area contributed by atoms with Crippen molar-refractivity contribution < 1.29 is 18.9 Å². The van der Waals surface area contributed by atoms with Gasteiger partial charge in [0.05, 0.1) is 20.8 Å². The second kappa shape index (κ2) is 6.14. The van der Waals surface area contributed by atoms with Gasteiger partial charge in [-0.05, 0) is 12.1 Å². The Morgan fingerprint density at radius 3 is 2.00 bits per heavy atom. The van der Waals surface area contributed by atoms with Gasteiger partial charge in [-0.2, -0.15) is 0 Å². The number of rotatable bonds is 6. The Bertz CT molecular complexity index is 276. The molecule has 0 spiro atoms. The highest BCUT2D eigenvalue weighted by Gasteiger charge is 2.10. The first-order valence-corrected chi connectivity index (χ1v) is 4.66. The molecule has 15 heavy (non-hydrogen) atoms.